The van der Waals surface area contributed by atoms with Crippen molar-refractivity contribution in [2.45, 2.75) is 44.3 Å². The van der Waals surface area contributed by atoms with Crippen molar-refractivity contribution in [3.8, 4) is 0 Å². The van der Waals surface area contributed by atoms with Gasteiger partial charge >= 0.3 is 6.03 Å². The van der Waals surface area contributed by atoms with E-state index in [2.05, 4.69) is 25.7 Å². The minimum absolute atomic E-state index is 0.123. The van der Waals surface area contributed by atoms with E-state index in [-0.39, 0.29) is 12.1 Å². The number of fused-ring (bicyclic) bond motifs is 1. The second kappa shape index (κ2) is 6.16. The highest BCUT2D eigenvalue weighted by Crippen LogP contribution is 2.29. The number of carbonyl (C=O) groups excluding carboxylic acids is 1. The molecule has 7 heteroatoms. The van der Waals surface area contributed by atoms with Gasteiger partial charge in [0.25, 0.3) is 0 Å². The summed E-state index contributed by atoms with van der Waals surface area (Å²) in [5.41, 5.74) is 0.789. The van der Waals surface area contributed by atoms with Gasteiger partial charge in [-0.1, -0.05) is 6.07 Å². The predicted octanol–water partition coefficient (Wildman–Crippen LogP) is 1.16. The van der Waals surface area contributed by atoms with Gasteiger partial charge in [-0.15, -0.1) is 10.2 Å². The van der Waals surface area contributed by atoms with E-state index in [1.807, 2.05) is 28.8 Å². The number of piperidine rings is 1. The van der Waals surface area contributed by atoms with Crippen LogP contribution in [-0.4, -0.2) is 50.7 Å². The van der Waals surface area contributed by atoms with E-state index in [1.165, 1.54) is 12.8 Å². The third kappa shape index (κ3) is 3.29. The van der Waals surface area contributed by atoms with Gasteiger partial charge < -0.3 is 15.5 Å². The van der Waals surface area contributed by atoms with Crippen LogP contribution in [0.2, 0.25) is 0 Å². The van der Waals surface area contributed by atoms with Gasteiger partial charge in [-0.05, 0) is 37.8 Å². The molecule has 2 aliphatic rings. The Kier molecular flexibility index (Phi) is 3.87. The number of carbonyl (C=O) groups is 1. The molecule has 2 aromatic heterocycles. The molecule has 2 N–H and O–H groups in total. The number of hydrogen-bond acceptors (Lipinski definition) is 4. The first-order valence-corrected chi connectivity index (χ1v) is 8.36. The fraction of sp³-hybridized carbons (Fsp3) is 0.562. The SMILES string of the molecule is O=C(NCc1nnc2ccccn12)NC1CCN(C2CC2)CC1. The highest BCUT2D eigenvalue weighted by Gasteiger charge is 2.32. The number of likely N-dealkylation sites (tertiary alicyclic amines) is 1. The van der Waals surface area contributed by atoms with E-state index in [0.717, 1.165) is 43.4 Å². The van der Waals surface area contributed by atoms with Gasteiger partial charge in [-0.3, -0.25) is 4.40 Å². The maximum absolute atomic E-state index is 12.1. The summed E-state index contributed by atoms with van der Waals surface area (Å²) in [4.78, 5) is 14.6. The van der Waals surface area contributed by atoms with Gasteiger partial charge in [0.2, 0.25) is 0 Å². The standard InChI is InChI=1S/C16H22N6O/c23-16(18-12-6-9-21(10-7-12)13-4-5-13)17-11-15-20-19-14-3-1-2-8-22(14)15/h1-3,8,12-13H,4-7,9-11H2,(H2,17,18,23). The Hall–Kier alpha value is -2.15. The summed E-state index contributed by atoms with van der Waals surface area (Å²) in [6, 6.07) is 6.72. The number of urea groups is 1. The first-order valence-electron chi connectivity index (χ1n) is 8.36. The largest absolute Gasteiger partial charge is 0.335 e. The number of nitrogens with one attached hydrogen (secondary N) is 2. The Morgan fingerprint density at radius 2 is 2.00 bits per heavy atom. The van der Waals surface area contributed by atoms with Crippen LogP contribution in [0.4, 0.5) is 4.79 Å². The Morgan fingerprint density at radius 1 is 1.17 bits per heavy atom. The van der Waals surface area contributed by atoms with Crippen molar-refractivity contribution in [1.29, 1.82) is 0 Å². The smallest absolute Gasteiger partial charge is 0.315 e. The fourth-order valence-electron chi connectivity index (χ4n) is 3.26. The van der Waals surface area contributed by atoms with Crippen molar-refractivity contribution in [2.75, 3.05) is 13.1 Å². The number of aromatic nitrogens is 3. The molecule has 1 aliphatic heterocycles. The molecule has 122 valence electrons. The molecule has 0 unspecified atom stereocenters. The molecule has 1 saturated carbocycles. The van der Waals surface area contributed by atoms with Crippen molar-refractivity contribution < 1.29 is 4.79 Å². The van der Waals surface area contributed by atoms with Crippen molar-refractivity contribution in [2.24, 2.45) is 0 Å². The molecule has 1 saturated heterocycles. The van der Waals surface area contributed by atoms with E-state index in [4.69, 9.17) is 0 Å². The molecule has 23 heavy (non-hydrogen) atoms. The van der Waals surface area contributed by atoms with E-state index >= 15 is 0 Å². The molecule has 0 spiro atoms. The van der Waals surface area contributed by atoms with Crippen molar-refractivity contribution in [1.82, 2.24) is 30.1 Å². The highest BCUT2D eigenvalue weighted by atomic mass is 16.2. The zero-order chi connectivity index (χ0) is 15.6. The Balaban J connectivity index is 1.25. The zero-order valence-electron chi connectivity index (χ0n) is 13.1. The van der Waals surface area contributed by atoms with Gasteiger partial charge in [0.1, 0.15) is 0 Å². The second-order valence-corrected chi connectivity index (χ2v) is 6.41. The van der Waals surface area contributed by atoms with Gasteiger partial charge in [0.15, 0.2) is 11.5 Å². The lowest BCUT2D eigenvalue weighted by atomic mass is 10.1. The van der Waals surface area contributed by atoms with Crippen LogP contribution in [0.15, 0.2) is 24.4 Å². The van der Waals surface area contributed by atoms with Gasteiger partial charge in [0.05, 0.1) is 6.54 Å². The number of pyridine rings is 1. The van der Waals surface area contributed by atoms with E-state index in [0.29, 0.717) is 6.54 Å². The Labute approximate surface area is 135 Å². The average molecular weight is 314 g/mol. The van der Waals surface area contributed by atoms with Crippen LogP contribution in [0, 0.1) is 0 Å². The molecule has 2 fully saturated rings. The van der Waals surface area contributed by atoms with Crippen LogP contribution in [0.5, 0.6) is 0 Å². The van der Waals surface area contributed by atoms with Crippen LogP contribution in [0.25, 0.3) is 5.65 Å². The molecule has 1 aliphatic carbocycles. The molecule has 0 radical (unpaired) electrons. The monoisotopic (exact) mass is 314 g/mol. The molecule has 2 amide bonds. The summed E-state index contributed by atoms with van der Waals surface area (Å²) in [5.74, 6) is 0.735. The average Bonchev–Trinajstić information content (AvgIpc) is 3.34. The maximum atomic E-state index is 12.1. The van der Waals surface area contributed by atoms with E-state index in [1.54, 1.807) is 0 Å². The molecule has 4 rings (SSSR count). The number of rotatable bonds is 4. The number of amides is 2. The summed E-state index contributed by atoms with van der Waals surface area (Å²) in [7, 11) is 0. The number of nitrogens with zero attached hydrogens (tertiary/aromatic N) is 4. The fourth-order valence-corrected chi connectivity index (χ4v) is 3.26. The third-order valence-corrected chi connectivity index (χ3v) is 4.72. The van der Waals surface area contributed by atoms with Crippen LogP contribution in [-0.2, 0) is 6.54 Å². The topological polar surface area (TPSA) is 74.6 Å². The van der Waals surface area contributed by atoms with Crippen LogP contribution < -0.4 is 10.6 Å². The summed E-state index contributed by atoms with van der Waals surface area (Å²) < 4.78 is 1.88. The van der Waals surface area contributed by atoms with Crippen LogP contribution in [0.1, 0.15) is 31.5 Å². The van der Waals surface area contributed by atoms with Crippen molar-refractivity contribution >= 4 is 11.7 Å². The summed E-state index contributed by atoms with van der Waals surface area (Å²) >= 11 is 0. The maximum Gasteiger partial charge on any atom is 0.315 e. The quantitative estimate of drug-likeness (QED) is 0.888. The summed E-state index contributed by atoms with van der Waals surface area (Å²) in [5, 5.41) is 14.2. The van der Waals surface area contributed by atoms with Crippen LogP contribution in [0.3, 0.4) is 0 Å². The molecule has 3 heterocycles. The highest BCUT2D eigenvalue weighted by molar-refractivity contribution is 5.74. The van der Waals surface area contributed by atoms with Crippen LogP contribution >= 0.6 is 0 Å². The van der Waals surface area contributed by atoms with E-state index < -0.39 is 0 Å². The minimum atomic E-state index is -0.123. The third-order valence-electron chi connectivity index (χ3n) is 4.72. The molecular weight excluding hydrogens is 292 g/mol. The first-order chi connectivity index (χ1) is 11.3. The Bertz CT molecular complexity index is 687. The lowest BCUT2D eigenvalue weighted by molar-refractivity contribution is 0.186. The predicted molar refractivity (Wildman–Crippen MR) is 86.0 cm³/mol. The molecule has 0 aromatic carbocycles. The van der Waals surface area contributed by atoms with Crippen molar-refractivity contribution in [3.63, 3.8) is 0 Å². The van der Waals surface area contributed by atoms with Gasteiger partial charge in [-0.25, -0.2) is 4.79 Å². The lowest BCUT2D eigenvalue weighted by Gasteiger charge is -2.32. The molecule has 0 atom stereocenters. The minimum Gasteiger partial charge on any atom is -0.335 e. The molecule has 7 nitrogen and oxygen atoms in total. The summed E-state index contributed by atoms with van der Waals surface area (Å²) in [6.45, 7) is 2.58. The molecular formula is C16H22N6O. The lowest BCUT2D eigenvalue weighted by Crippen LogP contribution is -2.48. The van der Waals surface area contributed by atoms with E-state index in [9.17, 15) is 4.79 Å². The zero-order valence-corrected chi connectivity index (χ0v) is 13.1. The second-order valence-electron chi connectivity index (χ2n) is 6.41. The first kappa shape index (κ1) is 14.4. The van der Waals surface area contributed by atoms with Gasteiger partial charge in [-0.2, -0.15) is 0 Å². The Morgan fingerprint density at radius 3 is 2.78 bits per heavy atom. The van der Waals surface area contributed by atoms with Gasteiger partial charge in [0, 0.05) is 31.4 Å². The molecule has 0 bridgehead atoms. The normalized spacial score (nSPS) is 19.8. The number of hydrogen-bond donors (Lipinski definition) is 2. The summed E-state index contributed by atoms with van der Waals surface area (Å²) in [6.07, 6.45) is 6.68. The van der Waals surface area contributed by atoms with Crippen molar-refractivity contribution in [3.05, 3.63) is 30.2 Å². The molecule has 2 aromatic rings.